The minimum atomic E-state index is -3.41. The highest BCUT2D eigenvalue weighted by atomic mass is 19.3. The standard InChI is InChI=1S/C12H11F2NO/c1-8(2)7-15-10-6-4-3-5-9(10)12(13,14)11(15)16/h3-6H,1,7H2,2H3. The average molecular weight is 223 g/mol. The van der Waals surface area contributed by atoms with Gasteiger partial charge in [0, 0.05) is 6.54 Å². The Morgan fingerprint density at radius 3 is 2.69 bits per heavy atom. The Labute approximate surface area is 92.2 Å². The number of rotatable bonds is 2. The molecular formula is C12H11F2NO. The summed E-state index contributed by atoms with van der Waals surface area (Å²) in [4.78, 5) is 12.6. The largest absolute Gasteiger partial charge is 0.352 e. The van der Waals surface area contributed by atoms with Gasteiger partial charge in [-0.25, -0.2) is 0 Å². The summed E-state index contributed by atoms with van der Waals surface area (Å²) >= 11 is 0. The maximum absolute atomic E-state index is 13.6. The normalized spacial score (nSPS) is 17.4. The fourth-order valence-corrected chi connectivity index (χ4v) is 1.80. The smallest absolute Gasteiger partial charge is 0.302 e. The molecule has 1 aromatic carbocycles. The number of carbonyl (C=O) groups is 1. The summed E-state index contributed by atoms with van der Waals surface area (Å²) in [6.45, 7) is 5.47. The molecule has 0 aromatic heterocycles. The molecule has 2 rings (SSSR count). The van der Waals surface area contributed by atoms with Crippen molar-refractivity contribution in [2.45, 2.75) is 12.8 Å². The van der Waals surface area contributed by atoms with E-state index in [0.717, 1.165) is 4.90 Å². The second kappa shape index (κ2) is 3.40. The number of anilines is 1. The molecule has 16 heavy (non-hydrogen) atoms. The zero-order valence-electron chi connectivity index (χ0n) is 8.84. The molecule has 0 fully saturated rings. The van der Waals surface area contributed by atoms with Crippen molar-refractivity contribution in [3.63, 3.8) is 0 Å². The van der Waals surface area contributed by atoms with Crippen LogP contribution in [-0.2, 0) is 10.7 Å². The van der Waals surface area contributed by atoms with Gasteiger partial charge in [-0.05, 0) is 13.0 Å². The number of carbonyl (C=O) groups excluding carboxylic acids is 1. The van der Waals surface area contributed by atoms with Crippen LogP contribution in [0.25, 0.3) is 0 Å². The van der Waals surface area contributed by atoms with Crippen molar-refractivity contribution in [2.24, 2.45) is 0 Å². The van der Waals surface area contributed by atoms with Gasteiger partial charge in [0.1, 0.15) is 0 Å². The molecule has 0 atom stereocenters. The quantitative estimate of drug-likeness (QED) is 0.706. The maximum atomic E-state index is 13.6. The second-order valence-corrected chi connectivity index (χ2v) is 3.94. The van der Waals surface area contributed by atoms with E-state index in [2.05, 4.69) is 6.58 Å². The summed E-state index contributed by atoms with van der Waals surface area (Å²) in [5.74, 6) is -4.58. The van der Waals surface area contributed by atoms with Gasteiger partial charge in [-0.3, -0.25) is 4.79 Å². The summed E-state index contributed by atoms with van der Waals surface area (Å²) in [7, 11) is 0. The van der Waals surface area contributed by atoms with Gasteiger partial charge in [-0.1, -0.05) is 30.4 Å². The van der Waals surface area contributed by atoms with Gasteiger partial charge in [-0.2, -0.15) is 8.78 Å². The molecule has 0 saturated carbocycles. The Balaban J connectivity index is 2.51. The summed E-state index contributed by atoms with van der Waals surface area (Å²) in [5, 5.41) is 0. The van der Waals surface area contributed by atoms with Crippen molar-refractivity contribution in [1.82, 2.24) is 0 Å². The van der Waals surface area contributed by atoms with Crippen molar-refractivity contribution in [3.8, 4) is 0 Å². The van der Waals surface area contributed by atoms with E-state index < -0.39 is 11.8 Å². The van der Waals surface area contributed by atoms with Crippen LogP contribution in [0.5, 0.6) is 0 Å². The van der Waals surface area contributed by atoms with Gasteiger partial charge in [-0.15, -0.1) is 0 Å². The number of fused-ring (bicyclic) bond motifs is 1. The lowest BCUT2D eigenvalue weighted by molar-refractivity contribution is -0.141. The highest BCUT2D eigenvalue weighted by molar-refractivity contribution is 6.06. The minimum Gasteiger partial charge on any atom is -0.302 e. The predicted molar refractivity (Wildman–Crippen MR) is 57.5 cm³/mol. The van der Waals surface area contributed by atoms with Crippen LogP contribution in [-0.4, -0.2) is 12.5 Å². The SMILES string of the molecule is C=C(C)CN1C(=O)C(F)(F)c2ccccc21. The lowest BCUT2D eigenvalue weighted by Gasteiger charge is -2.16. The number of benzene rings is 1. The van der Waals surface area contributed by atoms with Crippen LogP contribution in [0.15, 0.2) is 36.4 Å². The monoisotopic (exact) mass is 223 g/mol. The van der Waals surface area contributed by atoms with Crippen LogP contribution in [0.4, 0.5) is 14.5 Å². The van der Waals surface area contributed by atoms with E-state index in [9.17, 15) is 13.6 Å². The minimum absolute atomic E-state index is 0.130. The van der Waals surface area contributed by atoms with E-state index in [1.807, 2.05) is 0 Å². The van der Waals surface area contributed by atoms with Crippen molar-refractivity contribution in [2.75, 3.05) is 11.4 Å². The van der Waals surface area contributed by atoms with Gasteiger partial charge in [0.05, 0.1) is 11.3 Å². The third-order valence-corrected chi connectivity index (χ3v) is 2.47. The Hall–Kier alpha value is -1.71. The topological polar surface area (TPSA) is 20.3 Å². The highest BCUT2D eigenvalue weighted by Gasteiger charge is 2.52. The molecule has 1 aliphatic heterocycles. The van der Waals surface area contributed by atoms with Gasteiger partial charge >= 0.3 is 11.8 Å². The molecule has 0 saturated heterocycles. The first kappa shape index (κ1) is 10.8. The molecule has 1 aromatic rings. The molecule has 1 amide bonds. The Morgan fingerprint density at radius 1 is 1.44 bits per heavy atom. The maximum Gasteiger partial charge on any atom is 0.352 e. The van der Waals surface area contributed by atoms with E-state index in [4.69, 9.17) is 0 Å². The van der Waals surface area contributed by atoms with Crippen LogP contribution in [0.2, 0.25) is 0 Å². The van der Waals surface area contributed by atoms with Gasteiger partial charge in [0.15, 0.2) is 0 Å². The third-order valence-electron chi connectivity index (χ3n) is 2.47. The third kappa shape index (κ3) is 1.41. The Morgan fingerprint density at radius 2 is 2.06 bits per heavy atom. The molecular weight excluding hydrogens is 212 g/mol. The molecule has 0 aliphatic carbocycles. The van der Waals surface area contributed by atoms with E-state index in [0.29, 0.717) is 5.57 Å². The van der Waals surface area contributed by atoms with E-state index in [1.54, 1.807) is 13.0 Å². The molecule has 0 radical (unpaired) electrons. The first-order valence-electron chi connectivity index (χ1n) is 4.88. The van der Waals surface area contributed by atoms with E-state index >= 15 is 0 Å². The molecule has 0 bridgehead atoms. The summed E-state index contributed by atoms with van der Waals surface area (Å²) < 4.78 is 27.2. The Kier molecular flexibility index (Phi) is 2.30. The van der Waals surface area contributed by atoms with Gasteiger partial charge in [0.25, 0.3) is 0 Å². The number of nitrogens with zero attached hydrogens (tertiary/aromatic N) is 1. The number of alkyl halides is 2. The number of amides is 1. The molecule has 0 unspecified atom stereocenters. The van der Waals surface area contributed by atoms with Crippen LogP contribution in [0, 0.1) is 0 Å². The number of hydrogen-bond donors (Lipinski definition) is 0. The van der Waals surface area contributed by atoms with E-state index in [-0.39, 0.29) is 17.8 Å². The molecule has 2 nitrogen and oxygen atoms in total. The second-order valence-electron chi connectivity index (χ2n) is 3.94. The Bertz CT molecular complexity index is 468. The van der Waals surface area contributed by atoms with Gasteiger partial charge in [0.2, 0.25) is 0 Å². The summed E-state index contributed by atoms with van der Waals surface area (Å²) in [6, 6.07) is 5.95. The lowest BCUT2D eigenvalue weighted by Crippen LogP contribution is -2.35. The van der Waals surface area contributed by atoms with Crippen LogP contribution in [0.3, 0.4) is 0 Å². The van der Waals surface area contributed by atoms with Crippen LogP contribution >= 0.6 is 0 Å². The molecule has 0 N–H and O–H groups in total. The molecule has 1 aliphatic rings. The molecule has 4 heteroatoms. The highest BCUT2D eigenvalue weighted by Crippen LogP contribution is 2.43. The van der Waals surface area contributed by atoms with Gasteiger partial charge < -0.3 is 4.90 Å². The predicted octanol–water partition coefficient (Wildman–Crippen LogP) is 2.70. The molecule has 84 valence electrons. The zero-order valence-corrected chi connectivity index (χ0v) is 8.84. The van der Waals surface area contributed by atoms with Crippen LogP contribution in [0.1, 0.15) is 12.5 Å². The fourth-order valence-electron chi connectivity index (χ4n) is 1.80. The van der Waals surface area contributed by atoms with Crippen molar-refractivity contribution < 1.29 is 13.6 Å². The zero-order chi connectivity index (χ0) is 11.9. The van der Waals surface area contributed by atoms with Crippen molar-refractivity contribution >= 4 is 11.6 Å². The fraction of sp³-hybridized carbons (Fsp3) is 0.250. The lowest BCUT2D eigenvalue weighted by atomic mass is 10.1. The van der Waals surface area contributed by atoms with Crippen molar-refractivity contribution in [3.05, 3.63) is 42.0 Å². The van der Waals surface area contributed by atoms with Crippen LogP contribution < -0.4 is 4.90 Å². The molecule has 0 spiro atoms. The summed E-state index contributed by atoms with van der Waals surface area (Å²) in [5.41, 5.74) is 0.725. The first-order valence-corrected chi connectivity index (χ1v) is 4.88. The number of hydrogen-bond acceptors (Lipinski definition) is 1. The molecule has 1 heterocycles. The first-order chi connectivity index (χ1) is 7.44. The number of halogens is 2. The summed E-state index contributed by atoms with van der Waals surface area (Å²) in [6.07, 6.45) is 0. The average Bonchev–Trinajstić information content (AvgIpc) is 2.41. The van der Waals surface area contributed by atoms with Crippen molar-refractivity contribution in [1.29, 1.82) is 0 Å². The van der Waals surface area contributed by atoms with E-state index in [1.165, 1.54) is 18.2 Å². The number of para-hydroxylation sites is 1.